The first-order valence-corrected chi connectivity index (χ1v) is 9.56. The van der Waals surface area contributed by atoms with E-state index >= 15 is 0 Å². The number of amides is 1. The number of carbonyl (C=O) groups is 1. The molecule has 0 bridgehead atoms. The Hall–Kier alpha value is -2.29. The molecular weight excluding hydrogens is 322 g/mol. The van der Waals surface area contributed by atoms with Gasteiger partial charge in [-0.3, -0.25) is 4.79 Å². The molecule has 1 amide bonds. The number of carbonyl (C=O) groups excluding carboxylic acids is 1. The highest BCUT2D eigenvalue weighted by Crippen LogP contribution is 2.36. The molecule has 3 rings (SSSR count). The minimum absolute atomic E-state index is 0.230. The smallest absolute Gasteiger partial charge is 0.223 e. The molecular formula is C23H29NO2. The van der Waals surface area contributed by atoms with E-state index in [2.05, 4.69) is 43.0 Å². The van der Waals surface area contributed by atoms with Crippen LogP contribution in [-0.4, -0.2) is 24.0 Å². The van der Waals surface area contributed by atoms with Crippen molar-refractivity contribution in [2.24, 2.45) is 5.92 Å². The van der Waals surface area contributed by atoms with E-state index in [4.69, 9.17) is 4.74 Å². The fourth-order valence-corrected chi connectivity index (χ4v) is 3.50. The molecule has 26 heavy (non-hydrogen) atoms. The summed E-state index contributed by atoms with van der Waals surface area (Å²) < 4.78 is 5.24. The standard InChI is InChI=1S/C23H29NO2/c1-17(20-7-5-4-6-8-20)15-23(25)24(18(2)21-11-12-21)16-19-9-13-22(26-3)14-10-19/h4-10,13-14,17-18,21H,11-12,15-16H2,1-3H3. The van der Waals surface area contributed by atoms with Crippen molar-refractivity contribution < 1.29 is 9.53 Å². The van der Waals surface area contributed by atoms with Crippen molar-refractivity contribution in [3.8, 4) is 5.75 Å². The lowest BCUT2D eigenvalue weighted by Gasteiger charge is -2.31. The third-order valence-corrected chi connectivity index (χ3v) is 5.48. The van der Waals surface area contributed by atoms with Crippen LogP contribution in [0.15, 0.2) is 54.6 Å². The highest BCUT2D eigenvalue weighted by Gasteiger charge is 2.34. The molecule has 1 aliphatic rings. The first-order chi connectivity index (χ1) is 12.6. The quantitative estimate of drug-likeness (QED) is 0.668. The molecule has 2 aromatic carbocycles. The molecule has 0 radical (unpaired) electrons. The van der Waals surface area contributed by atoms with Gasteiger partial charge in [0.05, 0.1) is 7.11 Å². The topological polar surface area (TPSA) is 29.5 Å². The Bertz CT molecular complexity index is 707. The van der Waals surface area contributed by atoms with Crippen LogP contribution in [0.25, 0.3) is 0 Å². The number of benzene rings is 2. The summed E-state index contributed by atoms with van der Waals surface area (Å²) in [5, 5.41) is 0. The molecule has 1 saturated carbocycles. The molecule has 0 spiro atoms. The van der Waals surface area contributed by atoms with Gasteiger partial charge in [0.15, 0.2) is 0 Å². The van der Waals surface area contributed by atoms with E-state index in [1.54, 1.807) is 7.11 Å². The highest BCUT2D eigenvalue weighted by atomic mass is 16.5. The van der Waals surface area contributed by atoms with Crippen LogP contribution >= 0.6 is 0 Å². The minimum atomic E-state index is 0.230. The van der Waals surface area contributed by atoms with E-state index in [0.29, 0.717) is 24.9 Å². The van der Waals surface area contributed by atoms with Gasteiger partial charge in [0.2, 0.25) is 5.91 Å². The minimum Gasteiger partial charge on any atom is -0.497 e. The summed E-state index contributed by atoms with van der Waals surface area (Å²) in [4.78, 5) is 15.2. The maximum absolute atomic E-state index is 13.1. The van der Waals surface area contributed by atoms with E-state index in [9.17, 15) is 4.79 Å². The predicted octanol–water partition coefficient (Wildman–Crippen LogP) is 5.02. The summed E-state index contributed by atoms with van der Waals surface area (Å²) in [5.41, 5.74) is 2.38. The Morgan fingerprint density at radius 3 is 2.31 bits per heavy atom. The molecule has 2 aromatic rings. The van der Waals surface area contributed by atoms with Crippen LogP contribution in [0.4, 0.5) is 0 Å². The molecule has 0 aliphatic heterocycles. The Balaban J connectivity index is 1.71. The van der Waals surface area contributed by atoms with E-state index in [0.717, 1.165) is 11.3 Å². The van der Waals surface area contributed by atoms with E-state index in [1.165, 1.54) is 18.4 Å². The Morgan fingerprint density at radius 1 is 1.08 bits per heavy atom. The van der Waals surface area contributed by atoms with Crippen LogP contribution < -0.4 is 4.74 Å². The highest BCUT2D eigenvalue weighted by molar-refractivity contribution is 5.77. The van der Waals surface area contributed by atoms with Crippen LogP contribution in [0.3, 0.4) is 0 Å². The monoisotopic (exact) mass is 351 g/mol. The van der Waals surface area contributed by atoms with Gasteiger partial charge in [-0.1, -0.05) is 49.4 Å². The van der Waals surface area contributed by atoms with Gasteiger partial charge in [0, 0.05) is 19.0 Å². The van der Waals surface area contributed by atoms with Gasteiger partial charge in [-0.25, -0.2) is 0 Å². The fraction of sp³-hybridized carbons (Fsp3) is 0.435. The second-order valence-corrected chi connectivity index (χ2v) is 7.46. The van der Waals surface area contributed by atoms with Crippen molar-refractivity contribution in [2.45, 2.75) is 51.6 Å². The number of ether oxygens (including phenoxy) is 1. The molecule has 0 aromatic heterocycles. The number of nitrogens with zero attached hydrogens (tertiary/aromatic N) is 1. The first kappa shape index (κ1) is 18.5. The third-order valence-electron chi connectivity index (χ3n) is 5.48. The molecule has 0 N–H and O–H groups in total. The Labute approximate surface area is 157 Å². The van der Waals surface area contributed by atoms with E-state index in [1.807, 2.05) is 30.3 Å². The lowest BCUT2D eigenvalue weighted by atomic mass is 9.96. The van der Waals surface area contributed by atoms with Crippen LogP contribution in [0.5, 0.6) is 5.75 Å². The maximum Gasteiger partial charge on any atom is 0.223 e. The average molecular weight is 351 g/mol. The zero-order chi connectivity index (χ0) is 18.5. The molecule has 138 valence electrons. The van der Waals surface area contributed by atoms with Crippen LogP contribution in [-0.2, 0) is 11.3 Å². The van der Waals surface area contributed by atoms with Crippen molar-refractivity contribution >= 4 is 5.91 Å². The molecule has 3 heteroatoms. The molecule has 0 saturated heterocycles. The third kappa shape index (κ3) is 4.66. The molecule has 2 unspecified atom stereocenters. The van der Waals surface area contributed by atoms with Gasteiger partial charge in [-0.2, -0.15) is 0 Å². The number of methoxy groups -OCH3 is 1. The van der Waals surface area contributed by atoms with Crippen molar-refractivity contribution in [1.82, 2.24) is 4.90 Å². The SMILES string of the molecule is COc1ccc(CN(C(=O)CC(C)c2ccccc2)C(C)C2CC2)cc1. The molecule has 2 atom stereocenters. The van der Waals surface area contributed by atoms with Crippen LogP contribution in [0.2, 0.25) is 0 Å². The summed E-state index contributed by atoms with van der Waals surface area (Å²) in [6.45, 7) is 5.01. The second-order valence-electron chi connectivity index (χ2n) is 7.46. The molecule has 3 nitrogen and oxygen atoms in total. The summed E-state index contributed by atoms with van der Waals surface area (Å²) in [6, 6.07) is 18.6. The van der Waals surface area contributed by atoms with Gasteiger partial charge in [-0.15, -0.1) is 0 Å². The lowest BCUT2D eigenvalue weighted by molar-refractivity contribution is -0.134. The van der Waals surface area contributed by atoms with Crippen molar-refractivity contribution in [3.63, 3.8) is 0 Å². The summed E-state index contributed by atoms with van der Waals surface area (Å²) in [5.74, 6) is 1.98. The van der Waals surface area contributed by atoms with Crippen LogP contribution in [0.1, 0.15) is 50.2 Å². The largest absolute Gasteiger partial charge is 0.497 e. The van der Waals surface area contributed by atoms with Gasteiger partial charge in [0.1, 0.15) is 5.75 Å². The zero-order valence-corrected chi connectivity index (χ0v) is 16.0. The van der Waals surface area contributed by atoms with Gasteiger partial charge < -0.3 is 9.64 Å². The lowest BCUT2D eigenvalue weighted by Crippen LogP contribution is -2.39. The number of rotatable bonds is 8. The van der Waals surface area contributed by atoms with Crippen molar-refractivity contribution in [1.29, 1.82) is 0 Å². The van der Waals surface area contributed by atoms with Crippen LogP contribution in [0, 0.1) is 5.92 Å². The maximum atomic E-state index is 13.1. The normalized spacial score (nSPS) is 16.0. The fourth-order valence-electron chi connectivity index (χ4n) is 3.50. The molecule has 1 aliphatic carbocycles. The van der Waals surface area contributed by atoms with Gasteiger partial charge in [-0.05, 0) is 54.9 Å². The van der Waals surface area contributed by atoms with E-state index in [-0.39, 0.29) is 11.8 Å². The zero-order valence-electron chi connectivity index (χ0n) is 16.0. The molecule has 1 fully saturated rings. The summed E-state index contributed by atoms with van der Waals surface area (Å²) >= 11 is 0. The summed E-state index contributed by atoms with van der Waals surface area (Å²) in [7, 11) is 1.67. The van der Waals surface area contributed by atoms with Gasteiger partial charge >= 0.3 is 0 Å². The second kappa shape index (κ2) is 8.39. The molecule has 0 heterocycles. The average Bonchev–Trinajstić information content (AvgIpc) is 3.52. The number of hydrogen-bond acceptors (Lipinski definition) is 2. The van der Waals surface area contributed by atoms with Crippen molar-refractivity contribution in [3.05, 3.63) is 65.7 Å². The Kier molecular flexibility index (Phi) is 5.97. The van der Waals surface area contributed by atoms with Crippen molar-refractivity contribution in [2.75, 3.05) is 7.11 Å². The summed E-state index contributed by atoms with van der Waals surface area (Å²) in [6.07, 6.45) is 3.03. The number of hydrogen-bond donors (Lipinski definition) is 0. The Morgan fingerprint density at radius 2 is 1.73 bits per heavy atom. The predicted molar refractivity (Wildman–Crippen MR) is 105 cm³/mol. The van der Waals surface area contributed by atoms with E-state index < -0.39 is 0 Å². The first-order valence-electron chi connectivity index (χ1n) is 9.56. The van der Waals surface area contributed by atoms with Gasteiger partial charge in [0.25, 0.3) is 0 Å².